The first-order valence-electron chi connectivity index (χ1n) is 6.22. The smallest absolute Gasteiger partial charge is 0.319 e. The molecule has 1 aromatic carbocycles. The number of esters is 1. The number of rotatable bonds is 4. The van der Waals surface area contributed by atoms with E-state index in [-0.39, 0.29) is 5.97 Å². The van der Waals surface area contributed by atoms with Gasteiger partial charge in [-0.1, -0.05) is 21.1 Å². The molecule has 0 aliphatic rings. The summed E-state index contributed by atoms with van der Waals surface area (Å²) in [7, 11) is 0. The Labute approximate surface area is 125 Å². The summed E-state index contributed by atoms with van der Waals surface area (Å²) >= 11 is 3.36. The van der Waals surface area contributed by atoms with Crippen molar-refractivity contribution >= 4 is 21.9 Å². The molecular formula is C14H15BrN2O3. The summed E-state index contributed by atoms with van der Waals surface area (Å²) in [5.41, 5.74) is -0.140. The Morgan fingerprint density at radius 1 is 1.35 bits per heavy atom. The molecule has 6 heteroatoms. The van der Waals surface area contributed by atoms with Gasteiger partial charge in [-0.2, -0.15) is 4.98 Å². The van der Waals surface area contributed by atoms with Crippen LogP contribution < -0.4 is 0 Å². The van der Waals surface area contributed by atoms with Gasteiger partial charge >= 0.3 is 5.97 Å². The fourth-order valence-electron chi connectivity index (χ4n) is 1.59. The van der Waals surface area contributed by atoms with Crippen LogP contribution in [0.25, 0.3) is 11.5 Å². The van der Waals surface area contributed by atoms with Crippen LogP contribution in [0.4, 0.5) is 0 Å². The lowest BCUT2D eigenvalue weighted by Gasteiger charge is -2.17. The topological polar surface area (TPSA) is 65.2 Å². The quantitative estimate of drug-likeness (QED) is 0.800. The Bertz CT molecular complexity index is 605. The molecule has 0 unspecified atom stereocenters. The lowest BCUT2D eigenvalue weighted by atomic mass is 9.93. The summed E-state index contributed by atoms with van der Waals surface area (Å²) in [6.45, 7) is 5.50. The first kappa shape index (κ1) is 14.7. The molecule has 0 atom stereocenters. The van der Waals surface area contributed by atoms with Crippen LogP contribution in [0, 0.1) is 0 Å². The van der Waals surface area contributed by atoms with Crippen LogP contribution in [-0.4, -0.2) is 22.7 Å². The third-order valence-electron chi connectivity index (χ3n) is 2.86. The molecule has 20 heavy (non-hydrogen) atoms. The van der Waals surface area contributed by atoms with Gasteiger partial charge in [0.2, 0.25) is 0 Å². The van der Waals surface area contributed by atoms with Crippen LogP contribution in [0.5, 0.6) is 0 Å². The van der Waals surface area contributed by atoms with E-state index in [0.717, 1.165) is 10.0 Å². The van der Waals surface area contributed by atoms with Crippen molar-refractivity contribution in [3.63, 3.8) is 0 Å². The maximum absolute atomic E-state index is 11.9. The monoisotopic (exact) mass is 338 g/mol. The summed E-state index contributed by atoms with van der Waals surface area (Å²) < 4.78 is 11.2. The van der Waals surface area contributed by atoms with Gasteiger partial charge in [0.15, 0.2) is 5.82 Å². The van der Waals surface area contributed by atoms with E-state index in [1.807, 2.05) is 24.3 Å². The summed E-state index contributed by atoms with van der Waals surface area (Å²) in [6.07, 6.45) is 0. The van der Waals surface area contributed by atoms with E-state index in [9.17, 15) is 4.79 Å². The minimum absolute atomic E-state index is 0.314. The molecule has 0 aliphatic carbocycles. The molecule has 0 amide bonds. The van der Waals surface area contributed by atoms with Crippen LogP contribution in [0.1, 0.15) is 26.6 Å². The predicted octanol–water partition coefficient (Wildman–Crippen LogP) is 3.34. The normalized spacial score (nSPS) is 11.4. The van der Waals surface area contributed by atoms with Gasteiger partial charge in [-0.3, -0.25) is 4.79 Å². The van der Waals surface area contributed by atoms with E-state index in [1.54, 1.807) is 20.8 Å². The van der Waals surface area contributed by atoms with E-state index in [1.165, 1.54) is 0 Å². The second kappa shape index (κ2) is 5.75. The zero-order valence-corrected chi connectivity index (χ0v) is 13.1. The second-order valence-corrected chi connectivity index (χ2v) is 5.69. The fraction of sp³-hybridized carbons (Fsp3) is 0.357. The standard InChI is InChI=1S/C14H15BrN2O3/c1-4-19-13(18)14(2,3)12-16-11(20-17-12)9-5-7-10(15)8-6-9/h5-8H,4H2,1-3H3. The maximum atomic E-state index is 11.9. The predicted molar refractivity (Wildman–Crippen MR) is 77.1 cm³/mol. The van der Waals surface area contributed by atoms with Crippen LogP contribution in [0.15, 0.2) is 33.3 Å². The zero-order chi connectivity index (χ0) is 14.8. The van der Waals surface area contributed by atoms with Gasteiger partial charge in [0.25, 0.3) is 5.89 Å². The van der Waals surface area contributed by atoms with E-state index < -0.39 is 5.41 Å². The molecule has 0 radical (unpaired) electrons. The van der Waals surface area contributed by atoms with Crippen LogP contribution >= 0.6 is 15.9 Å². The van der Waals surface area contributed by atoms with Gasteiger partial charge in [-0.15, -0.1) is 0 Å². The molecule has 1 heterocycles. The Balaban J connectivity index is 2.28. The van der Waals surface area contributed by atoms with Gasteiger partial charge < -0.3 is 9.26 Å². The van der Waals surface area contributed by atoms with Gasteiger partial charge in [0.05, 0.1) is 6.61 Å². The highest BCUT2D eigenvalue weighted by Crippen LogP contribution is 2.26. The van der Waals surface area contributed by atoms with Crippen LogP contribution in [-0.2, 0) is 14.9 Å². The number of nitrogens with zero attached hydrogens (tertiary/aromatic N) is 2. The van der Waals surface area contributed by atoms with Crippen LogP contribution in [0.2, 0.25) is 0 Å². The Kier molecular flexibility index (Phi) is 4.23. The minimum atomic E-state index is -0.937. The average molecular weight is 339 g/mol. The minimum Gasteiger partial charge on any atom is -0.465 e. The molecule has 0 bridgehead atoms. The Morgan fingerprint density at radius 3 is 2.60 bits per heavy atom. The Hall–Kier alpha value is -1.69. The lowest BCUT2D eigenvalue weighted by Crippen LogP contribution is -2.32. The highest BCUT2D eigenvalue weighted by Gasteiger charge is 2.36. The molecule has 0 aliphatic heterocycles. The number of aromatic nitrogens is 2. The Morgan fingerprint density at radius 2 is 2.00 bits per heavy atom. The molecule has 0 N–H and O–H groups in total. The number of carbonyl (C=O) groups is 1. The summed E-state index contributed by atoms with van der Waals surface area (Å²) in [6, 6.07) is 7.49. The molecule has 2 aromatic rings. The zero-order valence-electron chi connectivity index (χ0n) is 11.5. The number of benzene rings is 1. The molecule has 0 saturated carbocycles. The summed E-state index contributed by atoms with van der Waals surface area (Å²) in [5, 5.41) is 3.89. The SMILES string of the molecule is CCOC(=O)C(C)(C)c1noc(-c2ccc(Br)cc2)n1. The third kappa shape index (κ3) is 2.90. The van der Waals surface area contributed by atoms with Crippen molar-refractivity contribution in [3.05, 3.63) is 34.6 Å². The summed E-state index contributed by atoms with van der Waals surface area (Å²) in [4.78, 5) is 16.2. The van der Waals surface area contributed by atoms with E-state index in [2.05, 4.69) is 26.1 Å². The summed E-state index contributed by atoms with van der Waals surface area (Å²) in [5.74, 6) is 0.321. The highest BCUT2D eigenvalue weighted by atomic mass is 79.9. The van der Waals surface area contributed by atoms with E-state index in [0.29, 0.717) is 18.3 Å². The lowest BCUT2D eigenvalue weighted by molar-refractivity contribution is -0.149. The maximum Gasteiger partial charge on any atom is 0.319 e. The van der Waals surface area contributed by atoms with Gasteiger partial charge in [-0.05, 0) is 45.0 Å². The van der Waals surface area contributed by atoms with Gasteiger partial charge in [0.1, 0.15) is 5.41 Å². The number of halogens is 1. The largest absolute Gasteiger partial charge is 0.465 e. The first-order valence-corrected chi connectivity index (χ1v) is 7.01. The van der Waals surface area contributed by atoms with Gasteiger partial charge in [-0.25, -0.2) is 0 Å². The number of ether oxygens (including phenoxy) is 1. The molecule has 106 valence electrons. The molecule has 2 rings (SSSR count). The van der Waals surface area contributed by atoms with E-state index >= 15 is 0 Å². The number of carbonyl (C=O) groups excluding carboxylic acids is 1. The molecule has 0 saturated heterocycles. The molecular weight excluding hydrogens is 324 g/mol. The first-order chi connectivity index (χ1) is 9.45. The molecule has 0 spiro atoms. The molecule has 5 nitrogen and oxygen atoms in total. The second-order valence-electron chi connectivity index (χ2n) is 4.78. The molecule has 1 aromatic heterocycles. The van der Waals surface area contributed by atoms with Gasteiger partial charge in [0, 0.05) is 10.0 Å². The van der Waals surface area contributed by atoms with Crippen molar-refractivity contribution in [2.45, 2.75) is 26.2 Å². The van der Waals surface area contributed by atoms with Crippen molar-refractivity contribution in [1.82, 2.24) is 10.1 Å². The van der Waals surface area contributed by atoms with E-state index in [4.69, 9.17) is 9.26 Å². The van der Waals surface area contributed by atoms with Crippen molar-refractivity contribution in [2.24, 2.45) is 0 Å². The fourth-order valence-corrected chi connectivity index (χ4v) is 1.85. The van der Waals surface area contributed by atoms with Crippen molar-refractivity contribution < 1.29 is 14.1 Å². The number of hydrogen-bond donors (Lipinski definition) is 0. The average Bonchev–Trinajstić information content (AvgIpc) is 2.90. The van der Waals surface area contributed by atoms with Crippen molar-refractivity contribution in [1.29, 1.82) is 0 Å². The van der Waals surface area contributed by atoms with Crippen molar-refractivity contribution in [2.75, 3.05) is 6.61 Å². The number of hydrogen-bond acceptors (Lipinski definition) is 5. The third-order valence-corrected chi connectivity index (χ3v) is 3.39. The highest BCUT2D eigenvalue weighted by molar-refractivity contribution is 9.10. The van der Waals surface area contributed by atoms with Crippen molar-refractivity contribution in [3.8, 4) is 11.5 Å². The molecule has 0 fully saturated rings. The van der Waals surface area contributed by atoms with Crippen LogP contribution in [0.3, 0.4) is 0 Å².